The quantitative estimate of drug-likeness (QED) is 0.718. The zero-order chi connectivity index (χ0) is 11.1. The topological polar surface area (TPSA) is 29.9 Å². The molecule has 0 radical (unpaired) electrons. The van der Waals surface area contributed by atoms with Crippen LogP contribution in [0.4, 0.5) is 0 Å². The van der Waals surface area contributed by atoms with Gasteiger partial charge in [-0.1, -0.05) is 19.3 Å². The lowest BCUT2D eigenvalue weighted by molar-refractivity contribution is 0.535. The van der Waals surface area contributed by atoms with Gasteiger partial charge in [-0.05, 0) is 13.3 Å². The van der Waals surface area contributed by atoms with Crippen molar-refractivity contribution in [1.82, 2.24) is 14.9 Å². The minimum Gasteiger partial charge on any atom is -0.334 e. The molecule has 82 valence electrons. The Hall–Kier alpha value is -1.27. The van der Waals surface area contributed by atoms with Crippen molar-refractivity contribution in [3.63, 3.8) is 0 Å². The lowest BCUT2D eigenvalue weighted by Crippen LogP contribution is -2.28. The van der Waals surface area contributed by atoms with E-state index < -0.39 is 0 Å². The summed E-state index contributed by atoms with van der Waals surface area (Å²) in [6.45, 7) is 5.94. The van der Waals surface area contributed by atoms with Gasteiger partial charge in [-0.25, -0.2) is 4.98 Å². The summed E-state index contributed by atoms with van der Waals surface area (Å²) in [4.78, 5) is 4.29. The normalized spacial score (nSPS) is 12.3. The molecule has 0 bridgehead atoms. The molecular formula is C12H19N3. The predicted molar refractivity (Wildman–Crippen MR) is 62.3 cm³/mol. The van der Waals surface area contributed by atoms with Gasteiger partial charge in [-0.3, -0.25) is 5.32 Å². The Balaban J connectivity index is 2.45. The molecule has 1 atom stereocenters. The van der Waals surface area contributed by atoms with E-state index in [1.54, 1.807) is 0 Å². The van der Waals surface area contributed by atoms with Gasteiger partial charge >= 0.3 is 0 Å². The minimum atomic E-state index is 0.164. The van der Waals surface area contributed by atoms with Crippen LogP contribution >= 0.6 is 0 Å². The zero-order valence-corrected chi connectivity index (χ0v) is 9.53. The van der Waals surface area contributed by atoms with E-state index in [1.165, 1.54) is 0 Å². The molecule has 0 amide bonds. The molecule has 1 aromatic heterocycles. The Morgan fingerprint density at radius 2 is 2.40 bits per heavy atom. The Kier molecular flexibility index (Phi) is 4.92. The van der Waals surface area contributed by atoms with Gasteiger partial charge in [-0.2, -0.15) is 0 Å². The van der Waals surface area contributed by atoms with Crippen LogP contribution in [0.5, 0.6) is 0 Å². The van der Waals surface area contributed by atoms with Gasteiger partial charge in [0.25, 0.3) is 0 Å². The van der Waals surface area contributed by atoms with Crippen LogP contribution in [0.25, 0.3) is 0 Å². The largest absolute Gasteiger partial charge is 0.334 e. The number of nitrogens with one attached hydrogen (secondary N) is 1. The molecule has 3 nitrogen and oxygen atoms in total. The first-order valence-corrected chi connectivity index (χ1v) is 5.51. The van der Waals surface area contributed by atoms with Gasteiger partial charge in [0.05, 0.1) is 12.6 Å². The van der Waals surface area contributed by atoms with Crippen molar-refractivity contribution in [1.29, 1.82) is 0 Å². The number of hydrogen-bond acceptors (Lipinski definition) is 2. The zero-order valence-electron chi connectivity index (χ0n) is 9.53. The highest BCUT2D eigenvalue weighted by molar-refractivity contribution is 5.00. The molecule has 1 unspecified atom stereocenters. The smallest absolute Gasteiger partial charge is 0.122 e. The van der Waals surface area contributed by atoms with Crippen LogP contribution in [0, 0.1) is 12.3 Å². The molecule has 0 saturated heterocycles. The summed E-state index contributed by atoms with van der Waals surface area (Å²) in [7, 11) is 0. The summed E-state index contributed by atoms with van der Waals surface area (Å²) in [5, 5.41) is 3.33. The Morgan fingerprint density at radius 3 is 3.00 bits per heavy atom. The molecule has 1 aromatic rings. The summed E-state index contributed by atoms with van der Waals surface area (Å²) >= 11 is 0. The van der Waals surface area contributed by atoms with Gasteiger partial charge in [0.15, 0.2) is 0 Å². The second-order valence-corrected chi connectivity index (χ2v) is 3.52. The van der Waals surface area contributed by atoms with E-state index in [9.17, 15) is 0 Å². The summed E-state index contributed by atoms with van der Waals surface area (Å²) in [5.41, 5.74) is 0. The third-order valence-electron chi connectivity index (χ3n) is 2.43. The standard InChI is InChI=1S/C12H19N3/c1-4-7-11(5-2)14-10-12-13-8-9-15(12)6-3/h2,8-9,11,14H,4,6-7,10H2,1,3H3. The van der Waals surface area contributed by atoms with E-state index in [-0.39, 0.29) is 6.04 Å². The first-order chi connectivity index (χ1) is 7.31. The Labute approximate surface area is 91.9 Å². The molecule has 0 spiro atoms. The van der Waals surface area contributed by atoms with E-state index in [0.29, 0.717) is 0 Å². The molecule has 0 aromatic carbocycles. The number of aryl methyl sites for hydroxylation is 1. The molecule has 0 aliphatic heterocycles. The third kappa shape index (κ3) is 3.41. The second-order valence-electron chi connectivity index (χ2n) is 3.52. The summed E-state index contributed by atoms with van der Waals surface area (Å²) in [5.74, 6) is 3.80. The van der Waals surface area contributed by atoms with Gasteiger partial charge in [0.1, 0.15) is 5.82 Å². The van der Waals surface area contributed by atoms with Crippen molar-refractivity contribution in [2.24, 2.45) is 0 Å². The van der Waals surface area contributed by atoms with Crippen molar-refractivity contribution >= 4 is 0 Å². The van der Waals surface area contributed by atoms with Crippen molar-refractivity contribution in [2.75, 3.05) is 0 Å². The van der Waals surface area contributed by atoms with Crippen LogP contribution < -0.4 is 5.32 Å². The number of nitrogens with zero attached hydrogens (tertiary/aromatic N) is 2. The van der Waals surface area contributed by atoms with Crippen molar-refractivity contribution in [3.05, 3.63) is 18.2 Å². The fraction of sp³-hybridized carbons (Fsp3) is 0.583. The molecule has 3 heteroatoms. The van der Waals surface area contributed by atoms with Crippen LogP contribution in [0.1, 0.15) is 32.5 Å². The highest BCUT2D eigenvalue weighted by Crippen LogP contribution is 2.00. The van der Waals surface area contributed by atoms with Crippen LogP contribution in [-0.4, -0.2) is 15.6 Å². The maximum Gasteiger partial charge on any atom is 0.122 e. The third-order valence-corrected chi connectivity index (χ3v) is 2.43. The van der Waals surface area contributed by atoms with Crippen LogP contribution in [0.3, 0.4) is 0 Å². The van der Waals surface area contributed by atoms with E-state index >= 15 is 0 Å². The number of imidazole rings is 1. The molecule has 0 aliphatic rings. The molecule has 15 heavy (non-hydrogen) atoms. The van der Waals surface area contributed by atoms with Crippen molar-refractivity contribution in [3.8, 4) is 12.3 Å². The van der Waals surface area contributed by atoms with Gasteiger partial charge in [-0.15, -0.1) is 6.42 Å². The highest BCUT2D eigenvalue weighted by Gasteiger charge is 2.05. The first kappa shape index (κ1) is 11.8. The molecule has 1 heterocycles. The molecule has 0 saturated carbocycles. The van der Waals surface area contributed by atoms with E-state index in [4.69, 9.17) is 6.42 Å². The molecule has 0 aliphatic carbocycles. The number of terminal acetylenes is 1. The molecule has 1 N–H and O–H groups in total. The highest BCUT2D eigenvalue weighted by atomic mass is 15.1. The van der Waals surface area contributed by atoms with Gasteiger partial charge < -0.3 is 4.57 Å². The fourth-order valence-corrected chi connectivity index (χ4v) is 1.54. The van der Waals surface area contributed by atoms with Crippen molar-refractivity contribution < 1.29 is 0 Å². The summed E-state index contributed by atoms with van der Waals surface area (Å²) < 4.78 is 2.12. The monoisotopic (exact) mass is 205 g/mol. The minimum absolute atomic E-state index is 0.164. The number of rotatable bonds is 6. The average molecular weight is 205 g/mol. The maximum atomic E-state index is 5.43. The predicted octanol–water partition coefficient (Wildman–Crippen LogP) is 1.79. The lowest BCUT2D eigenvalue weighted by atomic mass is 10.2. The second kappa shape index (κ2) is 6.26. The molecular weight excluding hydrogens is 186 g/mol. The molecule has 0 fully saturated rings. The van der Waals surface area contributed by atoms with Crippen LogP contribution in [0.15, 0.2) is 12.4 Å². The average Bonchev–Trinajstić information content (AvgIpc) is 2.71. The Morgan fingerprint density at radius 1 is 1.60 bits per heavy atom. The van der Waals surface area contributed by atoms with E-state index in [2.05, 4.69) is 34.6 Å². The van der Waals surface area contributed by atoms with E-state index in [1.807, 2.05) is 12.4 Å². The summed E-state index contributed by atoms with van der Waals surface area (Å²) in [6.07, 6.45) is 11.4. The van der Waals surface area contributed by atoms with Gasteiger partial charge in [0.2, 0.25) is 0 Å². The van der Waals surface area contributed by atoms with Crippen LogP contribution in [0.2, 0.25) is 0 Å². The lowest BCUT2D eigenvalue weighted by Gasteiger charge is -2.12. The molecule has 1 rings (SSSR count). The van der Waals surface area contributed by atoms with Crippen molar-refractivity contribution in [2.45, 2.75) is 45.8 Å². The van der Waals surface area contributed by atoms with E-state index in [0.717, 1.165) is 31.8 Å². The first-order valence-electron chi connectivity index (χ1n) is 5.51. The van der Waals surface area contributed by atoms with Gasteiger partial charge in [0, 0.05) is 18.9 Å². The maximum absolute atomic E-state index is 5.43. The number of aromatic nitrogens is 2. The SMILES string of the molecule is C#CC(CCC)NCc1nccn1CC. The Bertz CT molecular complexity index is 322. The summed E-state index contributed by atoms with van der Waals surface area (Å²) in [6, 6.07) is 0.164. The van der Waals surface area contributed by atoms with Crippen LogP contribution in [-0.2, 0) is 13.1 Å². The fourth-order valence-electron chi connectivity index (χ4n) is 1.54. The number of hydrogen-bond donors (Lipinski definition) is 1.